The molecule has 1 aliphatic heterocycles. The highest BCUT2D eigenvalue weighted by molar-refractivity contribution is 5.88. The lowest BCUT2D eigenvalue weighted by Gasteiger charge is -2.37. The highest BCUT2D eigenvalue weighted by Crippen LogP contribution is 2.54. The van der Waals surface area contributed by atoms with Crippen LogP contribution in [-0.2, 0) is 5.60 Å². The number of hydrogen-bond donors (Lipinski definition) is 2. The van der Waals surface area contributed by atoms with Gasteiger partial charge in [0, 0.05) is 23.6 Å². The predicted octanol–water partition coefficient (Wildman–Crippen LogP) is 5.05. The van der Waals surface area contributed by atoms with Crippen molar-refractivity contribution < 1.29 is 24.1 Å². The maximum Gasteiger partial charge on any atom is 0.196 e. The fourth-order valence-electron chi connectivity index (χ4n) is 6.69. The normalized spacial score (nSPS) is 31.2. The van der Waals surface area contributed by atoms with Crippen LogP contribution in [0.1, 0.15) is 101 Å². The van der Waals surface area contributed by atoms with Crippen LogP contribution in [0.4, 0.5) is 0 Å². The topological polar surface area (TPSA) is 89.1 Å². The summed E-state index contributed by atoms with van der Waals surface area (Å²) in [6, 6.07) is 3.27. The van der Waals surface area contributed by atoms with Gasteiger partial charge in [-0.3, -0.25) is 4.79 Å². The van der Waals surface area contributed by atoms with Gasteiger partial charge < -0.3 is 24.1 Å². The predicted molar refractivity (Wildman–Crippen MR) is 124 cm³/mol. The number of aliphatic hydroxyl groups is 2. The van der Waals surface area contributed by atoms with Crippen LogP contribution in [0.15, 0.2) is 21.3 Å². The lowest BCUT2D eigenvalue weighted by atomic mass is 9.74. The molecule has 4 aliphatic rings. The molecule has 3 unspecified atom stereocenters. The van der Waals surface area contributed by atoms with Crippen LogP contribution in [0, 0.1) is 0 Å². The van der Waals surface area contributed by atoms with Crippen molar-refractivity contribution in [3.05, 3.63) is 33.7 Å². The molecular formula is C27H34O6. The smallest absolute Gasteiger partial charge is 0.196 e. The van der Waals surface area contributed by atoms with Crippen molar-refractivity contribution in [3.8, 4) is 11.5 Å². The molecule has 6 rings (SSSR count). The SMILES string of the molecule is CC1(O)CCCC2c3c(cc4oc(C5(O)CCCCC5)cc(=O)c4c3OC3CCCC3)OC21. The Morgan fingerprint density at radius 2 is 1.73 bits per heavy atom. The first-order chi connectivity index (χ1) is 15.9. The van der Waals surface area contributed by atoms with Gasteiger partial charge in [0.05, 0.1) is 11.7 Å². The molecule has 33 heavy (non-hydrogen) atoms. The monoisotopic (exact) mass is 454 g/mol. The molecule has 2 aromatic rings. The molecule has 0 saturated heterocycles. The Bertz CT molecular complexity index is 1120. The summed E-state index contributed by atoms with van der Waals surface area (Å²) in [5.41, 5.74) is -0.891. The van der Waals surface area contributed by atoms with E-state index in [2.05, 4.69) is 0 Å². The largest absolute Gasteiger partial charge is 0.489 e. The van der Waals surface area contributed by atoms with Crippen LogP contribution in [0.25, 0.3) is 11.0 Å². The first-order valence-electron chi connectivity index (χ1n) is 12.8. The summed E-state index contributed by atoms with van der Waals surface area (Å²) in [4.78, 5) is 13.5. The van der Waals surface area contributed by atoms with Gasteiger partial charge in [-0.2, -0.15) is 0 Å². The van der Waals surface area contributed by atoms with Crippen LogP contribution >= 0.6 is 0 Å². The number of fused-ring (bicyclic) bond motifs is 4. The molecule has 1 aromatic carbocycles. The van der Waals surface area contributed by atoms with Crippen LogP contribution < -0.4 is 14.9 Å². The second kappa shape index (κ2) is 7.74. The van der Waals surface area contributed by atoms with E-state index in [4.69, 9.17) is 13.9 Å². The van der Waals surface area contributed by atoms with Crippen LogP contribution in [-0.4, -0.2) is 28.0 Å². The first kappa shape index (κ1) is 21.5. The molecule has 2 heterocycles. The lowest BCUT2D eigenvalue weighted by Crippen LogP contribution is -2.47. The van der Waals surface area contributed by atoms with Crippen molar-refractivity contribution in [2.24, 2.45) is 0 Å². The standard InChI is InChI=1S/C27H34O6/c1-26(29)11-7-10-17-22-19(33-25(17)26)15-20-23(24(22)31-16-8-3-4-9-16)18(28)14-21(32-20)27(30)12-5-2-6-13-27/h14-17,25,29-30H,2-13H2,1H3. The third-order valence-corrected chi connectivity index (χ3v) is 8.50. The van der Waals surface area contributed by atoms with Gasteiger partial charge in [0.15, 0.2) is 5.43 Å². The maximum absolute atomic E-state index is 13.5. The summed E-state index contributed by atoms with van der Waals surface area (Å²) in [6.07, 6.45) is 10.5. The molecule has 0 bridgehead atoms. The Morgan fingerprint density at radius 3 is 2.48 bits per heavy atom. The average molecular weight is 455 g/mol. The van der Waals surface area contributed by atoms with Crippen molar-refractivity contribution in [2.45, 2.75) is 113 Å². The minimum absolute atomic E-state index is 0.00819. The zero-order valence-electron chi connectivity index (χ0n) is 19.4. The van der Waals surface area contributed by atoms with Crippen molar-refractivity contribution in [2.75, 3.05) is 0 Å². The second-order valence-corrected chi connectivity index (χ2v) is 11.0. The van der Waals surface area contributed by atoms with Crippen molar-refractivity contribution in [3.63, 3.8) is 0 Å². The molecule has 3 saturated carbocycles. The number of benzene rings is 1. The lowest BCUT2D eigenvalue weighted by molar-refractivity contribution is -0.0725. The number of ether oxygens (including phenoxy) is 2. The molecule has 3 atom stereocenters. The first-order valence-corrected chi connectivity index (χ1v) is 12.8. The molecule has 6 nitrogen and oxygen atoms in total. The van der Waals surface area contributed by atoms with Gasteiger partial charge in [0.2, 0.25) is 0 Å². The fraction of sp³-hybridized carbons (Fsp3) is 0.667. The molecule has 0 spiro atoms. The van der Waals surface area contributed by atoms with Gasteiger partial charge in [-0.25, -0.2) is 0 Å². The highest BCUT2D eigenvalue weighted by atomic mass is 16.5. The van der Waals surface area contributed by atoms with Gasteiger partial charge in [0.25, 0.3) is 0 Å². The zero-order valence-corrected chi connectivity index (χ0v) is 19.4. The minimum Gasteiger partial charge on any atom is -0.489 e. The minimum atomic E-state index is -1.10. The van der Waals surface area contributed by atoms with E-state index in [1.165, 1.54) is 6.07 Å². The second-order valence-electron chi connectivity index (χ2n) is 11.0. The Labute approximate surface area is 193 Å². The Balaban J connectivity index is 1.53. The van der Waals surface area contributed by atoms with E-state index in [0.29, 0.717) is 47.5 Å². The Hall–Kier alpha value is -2.05. The zero-order chi connectivity index (χ0) is 22.8. The van der Waals surface area contributed by atoms with Crippen LogP contribution in [0.3, 0.4) is 0 Å². The molecule has 3 aliphatic carbocycles. The van der Waals surface area contributed by atoms with Crippen molar-refractivity contribution in [1.29, 1.82) is 0 Å². The summed E-state index contributed by atoms with van der Waals surface area (Å²) in [5.74, 6) is 1.55. The number of rotatable bonds is 3. The van der Waals surface area contributed by atoms with E-state index in [9.17, 15) is 15.0 Å². The van der Waals surface area contributed by atoms with E-state index >= 15 is 0 Å². The van der Waals surface area contributed by atoms with Crippen molar-refractivity contribution in [1.82, 2.24) is 0 Å². The molecular weight excluding hydrogens is 420 g/mol. The van der Waals surface area contributed by atoms with Gasteiger partial charge >= 0.3 is 0 Å². The summed E-state index contributed by atoms with van der Waals surface area (Å²) < 4.78 is 19.1. The molecule has 6 heteroatoms. The Morgan fingerprint density at radius 1 is 0.970 bits per heavy atom. The summed E-state index contributed by atoms with van der Waals surface area (Å²) in [6.45, 7) is 1.84. The van der Waals surface area contributed by atoms with E-state index in [1.807, 2.05) is 6.92 Å². The summed E-state index contributed by atoms with van der Waals surface area (Å²) >= 11 is 0. The van der Waals surface area contributed by atoms with Gasteiger partial charge in [-0.1, -0.05) is 19.3 Å². The maximum atomic E-state index is 13.5. The molecule has 0 amide bonds. The quantitative estimate of drug-likeness (QED) is 0.675. The fourth-order valence-corrected chi connectivity index (χ4v) is 6.69. The average Bonchev–Trinajstić information content (AvgIpc) is 3.42. The van der Waals surface area contributed by atoms with Crippen molar-refractivity contribution >= 4 is 11.0 Å². The van der Waals surface area contributed by atoms with Gasteiger partial charge in [0.1, 0.15) is 39.9 Å². The number of hydrogen-bond acceptors (Lipinski definition) is 6. The third-order valence-electron chi connectivity index (χ3n) is 8.50. The summed E-state index contributed by atoms with van der Waals surface area (Å²) in [5, 5.41) is 22.7. The Kier molecular flexibility index (Phi) is 5.04. The molecule has 2 N–H and O–H groups in total. The van der Waals surface area contributed by atoms with Crippen LogP contribution in [0.2, 0.25) is 0 Å². The van der Waals surface area contributed by atoms with E-state index < -0.39 is 11.2 Å². The highest BCUT2D eigenvalue weighted by Gasteiger charge is 2.50. The van der Waals surface area contributed by atoms with Crippen LogP contribution in [0.5, 0.6) is 11.5 Å². The molecule has 3 fully saturated rings. The van der Waals surface area contributed by atoms with Gasteiger partial charge in [-0.05, 0) is 64.7 Å². The summed E-state index contributed by atoms with van der Waals surface area (Å²) in [7, 11) is 0. The van der Waals surface area contributed by atoms with E-state index in [-0.39, 0.29) is 23.6 Å². The third kappa shape index (κ3) is 3.48. The molecule has 0 radical (unpaired) electrons. The molecule has 178 valence electrons. The van der Waals surface area contributed by atoms with Gasteiger partial charge in [-0.15, -0.1) is 0 Å². The molecule has 1 aromatic heterocycles. The van der Waals surface area contributed by atoms with E-state index in [1.54, 1.807) is 6.07 Å². The van der Waals surface area contributed by atoms with E-state index in [0.717, 1.165) is 63.4 Å².